The molecule has 0 bridgehead atoms. The number of nitrogens with one attached hydrogen (secondary N) is 1. The lowest BCUT2D eigenvalue weighted by atomic mass is 10.0. The van der Waals surface area contributed by atoms with Gasteiger partial charge in [0.05, 0.1) is 0 Å². The van der Waals surface area contributed by atoms with Gasteiger partial charge < -0.3 is 5.32 Å². The Kier molecular flexibility index (Phi) is 5.40. The van der Waals surface area contributed by atoms with Crippen LogP contribution >= 0.6 is 0 Å². The quantitative estimate of drug-likeness (QED) is 0.601. The Morgan fingerprint density at radius 1 is 1.24 bits per heavy atom. The fourth-order valence-corrected chi connectivity index (χ4v) is 1.69. The average molecular weight is 233 g/mol. The number of carbonyl (C=O) groups excluding carboxylic acids is 2. The predicted molar refractivity (Wildman–Crippen MR) is 67.8 cm³/mol. The first-order valence-corrected chi connectivity index (χ1v) is 5.92. The Morgan fingerprint density at radius 2 is 1.82 bits per heavy atom. The van der Waals surface area contributed by atoms with Gasteiger partial charge in [0.1, 0.15) is 0 Å². The summed E-state index contributed by atoms with van der Waals surface area (Å²) in [5, 5.41) is 2.52. The zero-order chi connectivity index (χ0) is 12.7. The summed E-state index contributed by atoms with van der Waals surface area (Å²) in [5.74, 6) is 0.106. The average Bonchev–Trinajstić information content (AvgIpc) is 2.30. The van der Waals surface area contributed by atoms with Crippen LogP contribution in [0.2, 0.25) is 0 Å². The van der Waals surface area contributed by atoms with E-state index >= 15 is 0 Å². The van der Waals surface area contributed by atoms with Crippen molar-refractivity contribution in [3.63, 3.8) is 0 Å². The van der Waals surface area contributed by atoms with Crippen molar-refractivity contribution < 1.29 is 9.59 Å². The number of hydrogen-bond acceptors (Lipinski definition) is 2. The normalized spacial score (nSPS) is 10.3. The molecule has 0 unspecified atom stereocenters. The summed E-state index contributed by atoms with van der Waals surface area (Å²) in [6.07, 6.45) is 2.13. The van der Waals surface area contributed by atoms with Crippen LogP contribution < -0.4 is 5.32 Å². The maximum Gasteiger partial charge on any atom is 0.284 e. The third kappa shape index (κ3) is 5.29. The van der Waals surface area contributed by atoms with E-state index < -0.39 is 5.91 Å². The molecule has 1 rings (SSSR count). The fraction of sp³-hybridized carbons (Fsp3) is 0.429. The molecule has 0 heterocycles. The van der Waals surface area contributed by atoms with Gasteiger partial charge in [-0.1, -0.05) is 38.1 Å². The van der Waals surface area contributed by atoms with Gasteiger partial charge >= 0.3 is 0 Å². The van der Waals surface area contributed by atoms with Crippen molar-refractivity contribution in [2.45, 2.75) is 26.7 Å². The van der Waals surface area contributed by atoms with Gasteiger partial charge in [-0.25, -0.2) is 0 Å². The molecule has 0 fully saturated rings. The van der Waals surface area contributed by atoms with E-state index in [9.17, 15) is 9.59 Å². The van der Waals surface area contributed by atoms with Gasteiger partial charge in [0.2, 0.25) is 6.29 Å². The van der Waals surface area contributed by atoms with Crippen molar-refractivity contribution in [2.24, 2.45) is 5.92 Å². The third-order valence-electron chi connectivity index (χ3n) is 2.49. The summed E-state index contributed by atoms with van der Waals surface area (Å²) in [5.41, 5.74) is 2.50. The van der Waals surface area contributed by atoms with E-state index in [4.69, 9.17) is 0 Å². The second kappa shape index (κ2) is 6.84. The van der Waals surface area contributed by atoms with Gasteiger partial charge in [-0.05, 0) is 29.9 Å². The summed E-state index contributed by atoms with van der Waals surface area (Å²) in [4.78, 5) is 20.8. The molecule has 1 aromatic rings. The van der Waals surface area contributed by atoms with Crippen molar-refractivity contribution in [1.29, 1.82) is 0 Å². The summed E-state index contributed by atoms with van der Waals surface area (Å²) >= 11 is 0. The van der Waals surface area contributed by atoms with E-state index in [-0.39, 0.29) is 0 Å². The minimum atomic E-state index is -0.554. The van der Waals surface area contributed by atoms with Gasteiger partial charge in [-0.15, -0.1) is 0 Å². The van der Waals surface area contributed by atoms with Crippen LogP contribution in [0, 0.1) is 5.92 Å². The Labute approximate surface area is 102 Å². The zero-order valence-electron chi connectivity index (χ0n) is 10.4. The molecule has 0 atom stereocenters. The SMILES string of the molecule is CC(C)Cc1ccc(CCNC(=O)C=O)cc1. The summed E-state index contributed by atoms with van der Waals surface area (Å²) in [6.45, 7) is 4.90. The van der Waals surface area contributed by atoms with Crippen LogP contribution in [0.1, 0.15) is 25.0 Å². The first-order chi connectivity index (χ1) is 8.11. The largest absolute Gasteiger partial charge is 0.349 e. The van der Waals surface area contributed by atoms with Crippen LogP contribution in [-0.2, 0) is 22.4 Å². The molecule has 3 nitrogen and oxygen atoms in total. The molecular formula is C14H19NO2. The molecular weight excluding hydrogens is 214 g/mol. The van der Waals surface area contributed by atoms with Crippen LogP contribution in [0.4, 0.5) is 0 Å². The first-order valence-electron chi connectivity index (χ1n) is 5.92. The maximum absolute atomic E-state index is 10.7. The Balaban J connectivity index is 2.40. The van der Waals surface area contributed by atoms with Gasteiger partial charge in [-0.3, -0.25) is 9.59 Å². The van der Waals surface area contributed by atoms with E-state index in [0.717, 1.165) is 12.8 Å². The second-order valence-corrected chi connectivity index (χ2v) is 4.57. The lowest BCUT2D eigenvalue weighted by Crippen LogP contribution is -2.26. The number of rotatable bonds is 6. The number of benzene rings is 1. The second-order valence-electron chi connectivity index (χ2n) is 4.57. The first kappa shape index (κ1) is 13.4. The number of aldehydes is 1. The molecule has 1 amide bonds. The number of carbonyl (C=O) groups is 2. The molecule has 1 N–H and O–H groups in total. The zero-order valence-corrected chi connectivity index (χ0v) is 10.4. The summed E-state index contributed by atoms with van der Waals surface area (Å²) < 4.78 is 0. The molecule has 0 aliphatic rings. The van der Waals surface area contributed by atoms with Gasteiger partial charge in [0, 0.05) is 6.54 Å². The van der Waals surface area contributed by atoms with Crippen LogP contribution in [0.5, 0.6) is 0 Å². The van der Waals surface area contributed by atoms with Crippen molar-refractivity contribution in [1.82, 2.24) is 5.32 Å². The van der Waals surface area contributed by atoms with E-state index in [2.05, 4.69) is 43.4 Å². The Bertz CT molecular complexity index is 368. The Morgan fingerprint density at radius 3 is 2.35 bits per heavy atom. The van der Waals surface area contributed by atoms with E-state index in [1.165, 1.54) is 11.1 Å². The highest BCUT2D eigenvalue weighted by Crippen LogP contribution is 2.09. The lowest BCUT2D eigenvalue weighted by molar-refractivity contribution is -0.131. The predicted octanol–water partition coefficient (Wildman–Crippen LogP) is 1.74. The highest BCUT2D eigenvalue weighted by molar-refractivity contribution is 6.23. The third-order valence-corrected chi connectivity index (χ3v) is 2.49. The van der Waals surface area contributed by atoms with E-state index in [0.29, 0.717) is 18.7 Å². The standard InChI is InChI=1S/C14H19NO2/c1-11(2)9-13-5-3-12(4-6-13)7-8-15-14(17)10-16/h3-6,10-11H,7-9H2,1-2H3,(H,15,17). The van der Waals surface area contributed by atoms with Gasteiger partial charge in [-0.2, -0.15) is 0 Å². The molecule has 17 heavy (non-hydrogen) atoms. The molecule has 0 saturated heterocycles. The highest BCUT2D eigenvalue weighted by atomic mass is 16.2. The van der Waals surface area contributed by atoms with Gasteiger partial charge in [0.25, 0.3) is 5.91 Å². The number of hydrogen-bond donors (Lipinski definition) is 1. The van der Waals surface area contributed by atoms with Crippen molar-refractivity contribution in [2.75, 3.05) is 6.54 Å². The molecule has 92 valence electrons. The molecule has 0 aliphatic heterocycles. The lowest BCUT2D eigenvalue weighted by Gasteiger charge is -2.06. The van der Waals surface area contributed by atoms with Crippen molar-refractivity contribution >= 4 is 12.2 Å². The van der Waals surface area contributed by atoms with Gasteiger partial charge in [0.15, 0.2) is 0 Å². The topological polar surface area (TPSA) is 46.2 Å². The van der Waals surface area contributed by atoms with Crippen molar-refractivity contribution in [3.8, 4) is 0 Å². The monoisotopic (exact) mass is 233 g/mol. The van der Waals surface area contributed by atoms with Crippen LogP contribution in [0.3, 0.4) is 0 Å². The molecule has 0 saturated carbocycles. The molecule has 1 aromatic carbocycles. The smallest absolute Gasteiger partial charge is 0.284 e. The molecule has 0 aliphatic carbocycles. The number of amides is 1. The molecule has 0 spiro atoms. The van der Waals surface area contributed by atoms with Crippen LogP contribution in [-0.4, -0.2) is 18.7 Å². The maximum atomic E-state index is 10.7. The summed E-state index contributed by atoms with van der Waals surface area (Å²) in [7, 11) is 0. The minimum absolute atomic E-state index is 0.297. The van der Waals surface area contributed by atoms with Crippen LogP contribution in [0.15, 0.2) is 24.3 Å². The van der Waals surface area contributed by atoms with Crippen molar-refractivity contribution in [3.05, 3.63) is 35.4 Å². The summed E-state index contributed by atoms with van der Waals surface area (Å²) in [6, 6.07) is 8.39. The van der Waals surface area contributed by atoms with E-state index in [1.54, 1.807) is 0 Å². The highest BCUT2D eigenvalue weighted by Gasteiger charge is 2.00. The molecule has 0 radical (unpaired) electrons. The minimum Gasteiger partial charge on any atom is -0.349 e. The fourth-order valence-electron chi connectivity index (χ4n) is 1.69. The molecule has 3 heteroatoms. The molecule has 0 aromatic heterocycles. The van der Waals surface area contributed by atoms with Crippen LogP contribution in [0.25, 0.3) is 0 Å². The Hall–Kier alpha value is -1.64. The van der Waals surface area contributed by atoms with E-state index in [1.807, 2.05) is 0 Å².